The van der Waals surface area contributed by atoms with Gasteiger partial charge in [-0.25, -0.2) is 8.78 Å². The number of halogens is 4. The molecule has 0 heterocycles. The van der Waals surface area contributed by atoms with E-state index in [2.05, 4.69) is 15.9 Å². The SMILES string of the molecule is Fc1ccc(C(Br)c2ccc(F)cc2Cl)cc1. The number of hydrogen-bond acceptors (Lipinski definition) is 0. The molecule has 88 valence electrons. The molecule has 17 heavy (non-hydrogen) atoms. The first-order valence-electron chi connectivity index (χ1n) is 4.92. The standard InChI is InChI=1S/C13H8BrClF2/c14-13(8-1-3-9(16)4-2-8)11-6-5-10(17)7-12(11)15/h1-7,13H. The van der Waals surface area contributed by atoms with Gasteiger partial charge in [-0.15, -0.1) is 0 Å². The van der Waals surface area contributed by atoms with Crippen LogP contribution in [0.25, 0.3) is 0 Å². The maximum atomic E-state index is 12.9. The van der Waals surface area contributed by atoms with Crippen LogP contribution < -0.4 is 0 Å². The highest BCUT2D eigenvalue weighted by Crippen LogP contribution is 2.35. The maximum absolute atomic E-state index is 12.9. The summed E-state index contributed by atoms with van der Waals surface area (Å²) in [5.41, 5.74) is 1.61. The third-order valence-electron chi connectivity index (χ3n) is 2.40. The summed E-state index contributed by atoms with van der Waals surface area (Å²) in [5, 5.41) is 0.344. The fraction of sp³-hybridized carbons (Fsp3) is 0.0769. The van der Waals surface area contributed by atoms with Crippen molar-refractivity contribution in [1.82, 2.24) is 0 Å². The third-order valence-corrected chi connectivity index (χ3v) is 3.75. The predicted octanol–water partition coefficient (Wildman–Crippen LogP) is 5.10. The fourth-order valence-electron chi connectivity index (χ4n) is 1.52. The first kappa shape index (κ1) is 12.5. The van der Waals surface area contributed by atoms with Crippen molar-refractivity contribution in [2.75, 3.05) is 0 Å². The zero-order valence-corrected chi connectivity index (χ0v) is 11.0. The molecule has 0 amide bonds. The third kappa shape index (κ3) is 2.85. The number of alkyl halides is 1. The number of hydrogen-bond donors (Lipinski definition) is 0. The Labute approximate surface area is 111 Å². The van der Waals surface area contributed by atoms with E-state index in [0.717, 1.165) is 11.1 Å². The Hall–Kier alpha value is -0.930. The van der Waals surface area contributed by atoms with Crippen LogP contribution in [0, 0.1) is 11.6 Å². The summed E-state index contributed by atoms with van der Waals surface area (Å²) in [7, 11) is 0. The van der Waals surface area contributed by atoms with E-state index in [9.17, 15) is 8.78 Å². The van der Waals surface area contributed by atoms with Gasteiger partial charge in [0.2, 0.25) is 0 Å². The van der Waals surface area contributed by atoms with E-state index >= 15 is 0 Å². The first-order valence-corrected chi connectivity index (χ1v) is 6.22. The van der Waals surface area contributed by atoms with Gasteiger partial charge in [-0.3, -0.25) is 0 Å². The van der Waals surface area contributed by atoms with E-state index in [4.69, 9.17) is 11.6 Å². The molecule has 0 aliphatic carbocycles. The van der Waals surface area contributed by atoms with E-state index in [-0.39, 0.29) is 16.5 Å². The summed E-state index contributed by atoms with van der Waals surface area (Å²) >= 11 is 9.43. The Kier molecular flexibility index (Phi) is 3.79. The van der Waals surface area contributed by atoms with Crippen molar-refractivity contribution in [3.63, 3.8) is 0 Å². The second-order valence-corrected chi connectivity index (χ2v) is 4.90. The topological polar surface area (TPSA) is 0 Å². The van der Waals surface area contributed by atoms with E-state index in [1.54, 1.807) is 18.2 Å². The molecule has 0 aliphatic rings. The molecular weight excluding hydrogens is 309 g/mol. The van der Waals surface area contributed by atoms with Crippen LogP contribution in [0.5, 0.6) is 0 Å². The largest absolute Gasteiger partial charge is 0.207 e. The van der Waals surface area contributed by atoms with Crippen LogP contribution in [-0.2, 0) is 0 Å². The van der Waals surface area contributed by atoms with Gasteiger partial charge in [-0.1, -0.05) is 45.7 Å². The average molecular weight is 318 g/mol. The van der Waals surface area contributed by atoms with Gasteiger partial charge in [-0.05, 0) is 35.4 Å². The Bertz CT molecular complexity index is 525. The summed E-state index contributed by atoms with van der Waals surface area (Å²) < 4.78 is 25.7. The molecule has 0 saturated carbocycles. The zero-order valence-electron chi connectivity index (χ0n) is 8.63. The fourth-order valence-corrected chi connectivity index (χ4v) is 2.63. The Morgan fingerprint density at radius 1 is 0.941 bits per heavy atom. The molecule has 0 nitrogen and oxygen atoms in total. The van der Waals surface area contributed by atoms with E-state index in [1.165, 1.54) is 24.3 Å². The van der Waals surface area contributed by atoms with Crippen molar-refractivity contribution in [3.8, 4) is 0 Å². The number of benzene rings is 2. The molecule has 1 unspecified atom stereocenters. The maximum Gasteiger partial charge on any atom is 0.124 e. The highest BCUT2D eigenvalue weighted by Gasteiger charge is 2.14. The molecule has 0 radical (unpaired) electrons. The van der Waals surface area contributed by atoms with Gasteiger partial charge < -0.3 is 0 Å². The molecule has 0 bridgehead atoms. The molecule has 0 N–H and O–H groups in total. The Balaban J connectivity index is 2.36. The summed E-state index contributed by atoms with van der Waals surface area (Å²) in [6, 6.07) is 10.3. The lowest BCUT2D eigenvalue weighted by Crippen LogP contribution is -1.94. The molecule has 4 heteroatoms. The van der Waals surface area contributed by atoms with Gasteiger partial charge in [0.1, 0.15) is 11.6 Å². The molecule has 2 rings (SSSR count). The molecular formula is C13H8BrClF2. The second kappa shape index (κ2) is 5.15. The summed E-state index contributed by atoms with van der Waals surface area (Å²) in [5.74, 6) is -0.670. The molecule has 0 spiro atoms. The lowest BCUT2D eigenvalue weighted by atomic mass is 10.0. The predicted molar refractivity (Wildman–Crippen MR) is 68.6 cm³/mol. The second-order valence-electron chi connectivity index (χ2n) is 3.58. The van der Waals surface area contributed by atoms with Crippen LogP contribution in [0.2, 0.25) is 5.02 Å². The minimum absolute atomic E-state index is 0.184. The Morgan fingerprint density at radius 3 is 2.12 bits per heavy atom. The van der Waals surface area contributed by atoms with Gasteiger partial charge in [0, 0.05) is 5.02 Å². The first-order chi connectivity index (χ1) is 8.08. The van der Waals surface area contributed by atoms with Crippen molar-refractivity contribution >= 4 is 27.5 Å². The summed E-state index contributed by atoms with van der Waals surface area (Å²) in [4.78, 5) is -0.184. The van der Waals surface area contributed by atoms with Gasteiger partial charge in [-0.2, -0.15) is 0 Å². The molecule has 2 aromatic carbocycles. The molecule has 0 aromatic heterocycles. The molecule has 0 saturated heterocycles. The van der Waals surface area contributed by atoms with Crippen LogP contribution >= 0.6 is 27.5 Å². The quantitative estimate of drug-likeness (QED) is 0.676. The smallest absolute Gasteiger partial charge is 0.124 e. The van der Waals surface area contributed by atoms with E-state index < -0.39 is 0 Å². The van der Waals surface area contributed by atoms with Crippen LogP contribution in [0.4, 0.5) is 8.78 Å². The minimum Gasteiger partial charge on any atom is -0.207 e. The van der Waals surface area contributed by atoms with E-state index in [1.807, 2.05) is 0 Å². The highest BCUT2D eigenvalue weighted by atomic mass is 79.9. The summed E-state index contributed by atoms with van der Waals surface area (Å²) in [6.45, 7) is 0. The highest BCUT2D eigenvalue weighted by molar-refractivity contribution is 9.09. The van der Waals surface area contributed by atoms with Crippen LogP contribution in [0.3, 0.4) is 0 Å². The zero-order chi connectivity index (χ0) is 12.4. The molecule has 0 aliphatic heterocycles. The lowest BCUT2D eigenvalue weighted by molar-refractivity contribution is 0.627. The number of rotatable bonds is 2. The van der Waals surface area contributed by atoms with Gasteiger partial charge in [0.15, 0.2) is 0 Å². The van der Waals surface area contributed by atoms with Crippen molar-refractivity contribution in [1.29, 1.82) is 0 Å². The van der Waals surface area contributed by atoms with Gasteiger partial charge >= 0.3 is 0 Å². The van der Waals surface area contributed by atoms with Crippen LogP contribution in [0.1, 0.15) is 16.0 Å². The molecule has 0 fully saturated rings. The lowest BCUT2D eigenvalue weighted by Gasteiger charge is -2.12. The van der Waals surface area contributed by atoms with Crippen LogP contribution in [0.15, 0.2) is 42.5 Å². The molecule has 1 atom stereocenters. The van der Waals surface area contributed by atoms with Crippen molar-refractivity contribution in [2.24, 2.45) is 0 Å². The van der Waals surface area contributed by atoms with Crippen LogP contribution in [-0.4, -0.2) is 0 Å². The molecule has 2 aromatic rings. The normalized spacial score (nSPS) is 12.5. The summed E-state index contributed by atoms with van der Waals surface area (Å²) in [6.07, 6.45) is 0. The Morgan fingerprint density at radius 2 is 1.53 bits per heavy atom. The average Bonchev–Trinajstić information content (AvgIpc) is 2.29. The van der Waals surface area contributed by atoms with Gasteiger partial charge in [0.05, 0.1) is 4.83 Å². The minimum atomic E-state index is -0.377. The monoisotopic (exact) mass is 316 g/mol. The van der Waals surface area contributed by atoms with Crippen molar-refractivity contribution in [2.45, 2.75) is 4.83 Å². The van der Waals surface area contributed by atoms with Gasteiger partial charge in [0.25, 0.3) is 0 Å². The van der Waals surface area contributed by atoms with Crippen molar-refractivity contribution in [3.05, 3.63) is 70.2 Å². The van der Waals surface area contributed by atoms with Crippen molar-refractivity contribution < 1.29 is 8.78 Å². The van der Waals surface area contributed by atoms with E-state index in [0.29, 0.717) is 5.02 Å².